The Bertz CT molecular complexity index is 321. The molecule has 0 aromatic carbocycles. The lowest BCUT2D eigenvalue weighted by Crippen LogP contribution is -2.04. The summed E-state index contributed by atoms with van der Waals surface area (Å²) in [6, 6.07) is 3.73. The van der Waals surface area contributed by atoms with Crippen LogP contribution < -0.4 is 10.1 Å². The summed E-state index contributed by atoms with van der Waals surface area (Å²) in [4.78, 5) is 4.10. The molecule has 1 aromatic heterocycles. The number of aromatic nitrogens is 1. The number of ether oxygens (including phenoxy) is 1. The van der Waals surface area contributed by atoms with Crippen molar-refractivity contribution in [2.45, 2.75) is 6.92 Å². The van der Waals surface area contributed by atoms with E-state index in [0.717, 1.165) is 5.56 Å². The molecule has 1 heterocycles. The van der Waals surface area contributed by atoms with Crippen LogP contribution in [0.1, 0.15) is 12.5 Å². The molecule has 0 spiro atoms. The molecule has 0 aliphatic rings. The van der Waals surface area contributed by atoms with Crippen LogP contribution in [0.4, 0.5) is 0 Å². The highest BCUT2D eigenvalue weighted by Gasteiger charge is 1.92. The first-order chi connectivity index (χ1) is 6.86. The van der Waals surface area contributed by atoms with E-state index in [4.69, 9.17) is 4.74 Å². The van der Waals surface area contributed by atoms with Gasteiger partial charge in [0.1, 0.15) is 0 Å². The largest absolute Gasteiger partial charge is 0.478 e. The molecular weight excluding hydrogens is 176 g/mol. The summed E-state index contributed by atoms with van der Waals surface area (Å²) in [5, 5.41) is 2.95. The molecule has 14 heavy (non-hydrogen) atoms. The van der Waals surface area contributed by atoms with Crippen molar-refractivity contribution < 1.29 is 4.74 Å². The number of rotatable bonds is 3. The zero-order chi connectivity index (χ0) is 10.2. The third kappa shape index (κ3) is 3.46. The van der Waals surface area contributed by atoms with Crippen LogP contribution in [0.2, 0.25) is 0 Å². The molecule has 1 N–H and O–H groups in total. The van der Waals surface area contributed by atoms with E-state index < -0.39 is 0 Å². The Hall–Kier alpha value is -1.53. The molecule has 74 valence electrons. The van der Waals surface area contributed by atoms with Gasteiger partial charge in [-0.25, -0.2) is 4.98 Å². The van der Waals surface area contributed by atoms with Crippen molar-refractivity contribution in [2.75, 3.05) is 20.2 Å². The average molecular weight is 190 g/mol. The van der Waals surface area contributed by atoms with Gasteiger partial charge in [0.15, 0.2) is 0 Å². The van der Waals surface area contributed by atoms with Crippen LogP contribution in [0.3, 0.4) is 0 Å². The van der Waals surface area contributed by atoms with Crippen LogP contribution in [0.15, 0.2) is 18.3 Å². The Morgan fingerprint density at radius 1 is 1.50 bits per heavy atom. The van der Waals surface area contributed by atoms with Crippen LogP contribution in [-0.4, -0.2) is 25.2 Å². The Morgan fingerprint density at radius 3 is 2.93 bits per heavy atom. The Kier molecular flexibility index (Phi) is 4.53. The summed E-state index contributed by atoms with van der Waals surface area (Å²) in [5.74, 6) is 6.59. The quantitative estimate of drug-likeness (QED) is 0.723. The molecule has 0 amide bonds. The van der Waals surface area contributed by atoms with Crippen LogP contribution >= 0.6 is 0 Å². The minimum absolute atomic E-state index is 0.637. The standard InChI is InChI=1S/C11H14N2O/c1-3-14-11-7-6-10(9-13-11)5-4-8-12-2/h6-7,9,12H,3,8H2,1-2H3. The monoisotopic (exact) mass is 190 g/mol. The van der Waals surface area contributed by atoms with E-state index >= 15 is 0 Å². The lowest BCUT2D eigenvalue weighted by molar-refractivity contribution is 0.327. The maximum Gasteiger partial charge on any atom is 0.213 e. The number of hydrogen-bond donors (Lipinski definition) is 1. The Labute approximate surface area is 84.5 Å². The number of nitrogens with one attached hydrogen (secondary N) is 1. The highest BCUT2D eigenvalue weighted by Crippen LogP contribution is 2.05. The lowest BCUT2D eigenvalue weighted by atomic mass is 10.3. The molecule has 3 nitrogen and oxygen atoms in total. The maximum absolute atomic E-state index is 5.21. The first kappa shape index (κ1) is 10.6. The molecule has 0 unspecified atom stereocenters. The van der Waals surface area contributed by atoms with Gasteiger partial charge in [0, 0.05) is 17.8 Å². The predicted molar refractivity (Wildman–Crippen MR) is 56.2 cm³/mol. The summed E-state index contributed by atoms with van der Waals surface area (Å²) in [7, 11) is 1.87. The van der Waals surface area contributed by atoms with Gasteiger partial charge in [0.2, 0.25) is 5.88 Å². The molecule has 1 rings (SSSR count). The van der Waals surface area contributed by atoms with E-state index in [2.05, 4.69) is 22.1 Å². The van der Waals surface area contributed by atoms with Crippen LogP contribution in [-0.2, 0) is 0 Å². The Balaban J connectivity index is 2.60. The van der Waals surface area contributed by atoms with E-state index in [9.17, 15) is 0 Å². The van der Waals surface area contributed by atoms with Crippen molar-refractivity contribution in [2.24, 2.45) is 0 Å². The summed E-state index contributed by atoms with van der Waals surface area (Å²) in [6.07, 6.45) is 1.72. The van der Waals surface area contributed by atoms with Gasteiger partial charge in [-0.2, -0.15) is 0 Å². The number of nitrogens with zero attached hydrogens (tertiary/aromatic N) is 1. The SMILES string of the molecule is CCOc1ccc(C#CCNC)cn1. The van der Waals surface area contributed by atoms with E-state index in [1.165, 1.54) is 0 Å². The van der Waals surface area contributed by atoms with E-state index in [0.29, 0.717) is 19.0 Å². The summed E-state index contributed by atoms with van der Waals surface area (Å²) >= 11 is 0. The van der Waals surface area contributed by atoms with Crippen LogP contribution in [0, 0.1) is 11.8 Å². The molecule has 0 radical (unpaired) electrons. The van der Waals surface area contributed by atoms with Crippen molar-refractivity contribution in [1.82, 2.24) is 10.3 Å². The summed E-state index contributed by atoms with van der Waals surface area (Å²) in [5.41, 5.74) is 0.906. The smallest absolute Gasteiger partial charge is 0.213 e. The van der Waals surface area contributed by atoms with Crippen molar-refractivity contribution >= 4 is 0 Å². The van der Waals surface area contributed by atoms with Gasteiger partial charge in [-0.05, 0) is 20.0 Å². The molecule has 0 fully saturated rings. The highest BCUT2D eigenvalue weighted by atomic mass is 16.5. The second-order valence-electron chi connectivity index (χ2n) is 2.65. The Morgan fingerprint density at radius 2 is 2.36 bits per heavy atom. The maximum atomic E-state index is 5.21. The minimum Gasteiger partial charge on any atom is -0.478 e. The molecule has 1 aromatic rings. The van der Waals surface area contributed by atoms with Gasteiger partial charge >= 0.3 is 0 Å². The third-order valence-corrected chi connectivity index (χ3v) is 1.53. The van der Waals surface area contributed by atoms with Crippen molar-refractivity contribution in [3.63, 3.8) is 0 Å². The van der Waals surface area contributed by atoms with E-state index in [1.807, 2.05) is 26.1 Å². The highest BCUT2D eigenvalue weighted by molar-refractivity contribution is 5.33. The van der Waals surface area contributed by atoms with Crippen LogP contribution in [0.25, 0.3) is 0 Å². The molecule has 3 heteroatoms. The van der Waals surface area contributed by atoms with Crippen molar-refractivity contribution in [1.29, 1.82) is 0 Å². The second kappa shape index (κ2) is 6.01. The van der Waals surface area contributed by atoms with E-state index in [1.54, 1.807) is 6.20 Å². The average Bonchev–Trinajstić information content (AvgIpc) is 2.21. The molecular formula is C11H14N2O. The molecule has 0 bridgehead atoms. The summed E-state index contributed by atoms with van der Waals surface area (Å²) < 4.78 is 5.21. The molecule has 0 saturated heterocycles. The van der Waals surface area contributed by atoms with Crippen molar-refractivity contribution in [3.05, 3.63) is 23.9 Å². The van der Waals surface area contributed by atoms with Gasteiger partial charge in [-0.3, -0.25) is 0 Å². The normalized spacial score (nSPS) is 9.00. The fourth-order valence-corrected chi connectivity index (χ4v) is 0.922. The minimum atomic E-state index is 0.637. The number of pyridine rings is 1. The zero-order valence-electron chi connectivity index (χ0n) is 8.50. The first-order valence-corrected chi connectivity index (χ1v) is 4.59. The van der Waals surface area contributed by atoms with Gasteiger partial charge in [-0.1, -0.05) is 11.8 Å². The molecule has 0 aliphatic heterocycles. The second-order valence-corrected chi connectivity index (χ2v) is 2.65. The molecule has 0 aliphatic carbocycles. The lowest BCUT2D eigenvalue weighted by Gasteiger charge is -1.99. The zero-order valence-corrected chi connectivity index (χ0v) is 8.50. The predicted octanol–water partition coefficient (Wildman–Crippen LogP) is 1.05. The molecule has 0 saturated carbocycles. The topological polar surface area (TPSA) is 34.1 Å². The van der Waals surface area contributed by atoms with Gasteiger partial charge < -0.3 is 10.1 Å². The first-order valence-electron chi connectivity index (χ1n) is 4.59. The van der Waals surface area contributed by atoms with Gasteiger partial charge in [-0.15, -0.1) is 0 Å². The summed E-state index contributed by atoms with van der Waals surface area (Å²) in [6.45, 7) is 3.26. The van der Waals surface area contributed by atoms with Crippen molar-refractivity contribution in [3.8, 4) is 17.7 Å². The van der Waals surface area contributed by atoms with Gasteiger partial charge in [0.25, 0.3) is 0 Å². The van der Waals surface area contributed by atoms with E-state index in [-0.39, 0.29) is 0 Å². The van der Waals surface area contributed by atoms with Gasteiger partial charge in [0.05, 0.1) is 13.2 Å². The third-order valence-electron chi connectivity index (χ3n) is 1.53. The molecule has 0 atom stereocenters. The van der Waals surface area contributed by atoms with Crippen LogP contribution in [0.5, 0.6) is 5.88 Å². The fraction of sp³-hybridized carbons (Fsp3) is 0.364. The number of hydrogen-bond acceptors (Lipinski definition) is 3. The fourth-order valence-electron chi connectivity index (χ4n) is 0.922.